The summed E-state index contributed by atoms with van der Waals surface area (Å²) in [5.41, 5.74) is 1.13. The second-order valence-corrected chi connectivity index (χ2v) is 3.99. The van der Waals surface area contributed by atoms with Crippen molar-refractivity contribution >= 4 is 21.9 Å². The van der Waals surface area contributed by atoms with Gasteiger partial charge in [-0.15, -0.1) is 0 Å². The highest BCUT2D eigenvalue weighted by atomic mass is 79.9. The molecule has 0 radical (unpaired) electrons. The first-order valence-electron chi connectivity index (χ1n) is 4.30. The van der Waals surface area contributed by atoms with Gasteiger partial charge in [-0.1, -0.05) is 12.6 Å². The predicted octanol–water partition coefficient (Wildman–Crippen LogP) is 2.78. The van der Waals surface area contributed by atoms with Gasteiger partial charge in [-0.3, -0.25) is 0 Å². The zero-order valence-electron chi connectivity index (χ0n) is 8.29. The van der Waals surface area contributed by atoms with Crippen molar-refractivity contribution in [1.29, 1.82) is 0 Å². The molecule has 80 valence electrons. The number of benzene rings is 1. The molecule has 0 aliphatic carbocycles. The first-order chi connectivity index (χ1) is 7.00. The Bertz CT molecular complexity index is 399. The van der Waals surface area contributed by atoms with Crippen molar-refractivity contribution in [1.82, 2.24) is 0 Å². The lowest BCUT2D eigenvalue weighted by Crippen LogP contribution is -2.09. The molecule has 0 heterocycles. The number of carboxylic acid groups (broad SMARTS) is 1. The van der Waals surface area contributed by atoms with Gasteiger partial charge in [0.2, 0.25) is 0 Å². The molecule has 0 amide bonds. The van der Waals surface area contributed by atoms with Crippen LogP contribution in [-0.4, -0.2) is 17.7 Å². The quantitative estimate of drug-likeness (QED) is 0.856. The molecule has 0 atom stereocenters. The van der Waals surface area contributed by atoms with E-state index in [1.807, 2.05) is 19.1 Å². The standard InChI is InChI=1S/C11H11BrO3/c1-7-3-4-10(9(12)5-7)15-6-8(2)11(13)14/h3-5H,2,6H2,1H3,(H,13,14). The Morgan fingerprint density at radius 2 is 2.27 bits per heavy atom. The maximum atomic E-state index is 10.5. The average Bonchev–Trinajstić information content (AvgIpc) is 2.15. The Labute approximate surface area is 96.5 Å². The lowest BCUT2D eigenvalue weighted by atomic mass is 10.2. The largest absolute Gasteiger partial charge is 0.487 e. The van der Waals surface area contributed by atoms with Crippen molar-refractivity contribution in [2.45, 2.75) is 6.92 Å². The van der Waals surface area contributed by atoms with Crippen LogP contribution in [0.15, 0.2) is 34.8 Å². The van der Waals surface area contributed by atoms with E-state index in [1.165, 1.54) is 0 Å². The number of aliphatic carboxylic acids is 1. The Hall–Kier alpha value is -1.29. The van der Waals surface area contributed by atoms with Crippen LogP contribution >= 0.6 is 15.9 Å². The van der Waals surface area contributed by atoms with Gasteiger partial charge in [0.25, 0.3) is 0 Å². The SMILES string of the molecule is C=C(COc1ccc(C)cc1Br)C(=O)O. The molecule has 4 heteroatoms. The van der Waals surface area contributed by atoms with Crippen molar-refractivity contribution in [3.8, 4) is 5.75 Å². The maximum absolute atomic E-state index is 10.5. The number of carbonyl (C=O) groups is 1. The van der Waals surface area contributed by atoms with E-state index in [1.54, 1.807) is 6.07 Å². The summed E-state index contributed by atoms with van der Waals surface area (Å²) in [4.78, 5) is 10.5. The van der Waals surface area contributed by atoms with Crippen LogP contribution in [0.5, 0.6) is 5.75 Å². The molecule has 0 aromatic heterocycles. The Morgan fingerprint density at radius 1 is 1.60 bits per heavy atom. The van der Waals surface area contributed by atoms with Crippen molar-refractivity contribution in [2.75, 3.05) is 6.61 Å². The molecule has 0 unspecified atom stereocenters. The van der Waals surface area contributed by atoms with Gasteiger partial charge in [-0.2, -0.15) is 0 Å². The number of hydrogen-bond acceptors (Lipinski definition) is 2. The molecule has 1 aromatic carbocycles. The molecule has 0 aliphatic rings. The van der Waals surface area contributed by atoms with Crippen molar-refractivity contribution in [2.24, 2.45) is 0 Å². The molecule has 0 saturated heterocycles. The third-order valence-electron chi connectivity index (χ3n) is 1.79. The van der Waals surface area contributed by atoms with Crippen LogP contribution in [0.25, 0.3) is 0 Å². The first kappa shape index (κ1) is 11.8. The van der Waals surface area contributed by atoms with Crippen LogP contribution < -0.4 is 4.74 Å². The Kier molecular flexibility index (Phi) is 3.91. The van der Waals surface area contributed by atoms with E-state index < -0.39 is 5.97 Å². The highest BCUT2D eigenvalue weighted by Crippen LogP contribution is 2.25. The van der Waals surface area contributed by atoms with Gasteiger partial charge >= 0.3 is 5.97 Å². The monoisotopic (exact) mass is 270 g/mol. The summed E-state index contributed by atoms with van der Waals surface area (Å²) in [5.74, 6) is -0.429. The smallest absolute Gasteiger partial charge is 0.334 e. The molecule has 0 aliphatic heterocycles. The minimum Gasteiger partial charge on any atom is -0.487 e. The summed E-state index contributed by atoms with van der Waals surface area (Å²) in [6.07, 6.45) is 0. The molecule has 3 nitrogen and oxygen atoms in total. The van der Waals surface area contributed by atoms with Crippen LogP contribution in [0.1, 0.15) is 5.56 Å². The molecule has 0 saturated carbocycles. The molecule has 0 fully saturated rings. The van der Waals surface area contributed by atoms with E-state index in [2.05, 4.69) is 22.5 Å². The summed E-state index contributed by atoms with van der Waals surface area (Å²) in [6, 6.07) is 5.58. The molecular formula is C11H11BrO3. The van der Waals surface area contributed by atoms with E-state index in [9.17, 15) is 4.79 Å². The second kappa shape index (κ2) is 4.98. The number of aryl methyl sites for hydroxylation is 1. The van der Waals surface area contributed by atoms with Gasteiger partial charge in [-0.25, -0.2) is 4.79 Å². The van der Waals surface area contributed by atoms with Gasteiger partial charge < -0.3 is 9.84 Å². The number of hydrogen-bond donors (Lipinski definition) is 1. The first-order valence-corrected chi connectivity index (χ1v) is 5.10. The zero-order chi connectivity index (χ0) is 11.4. The zero-order valence-corrected chi connectivity index (χ0v) is 9.87. The normalized spacial score (nSPS) is 9.73. The van der Waals surface area contributed by atoms with Crippen LogP contribution in [0.3, 0.4) is 0 Å². The molecule has 0 bridgehead atoms. The second-order valence-electron chi connectivity index (χ2n) is 3.13. The Morgan fingerprint density at radius 3 is 2.80 bits per heavy atom. The lowest BCUT2D eigenvalue weighted by molar-refractivity contribution is -0.133. The molecular weight excluding hydrogens is 260 g/mol. The van der Waals surface area contributed by atoms with Crippen molar-refractivity contribution in [3.63, 3.8) is 0 Å². The fourth-order valence-electron chi connectivity index (χ4n) is 0.950. The van der Waals surface area contributed by atoms with Gasteiger partial charge in [0.05, 0.1) is 10.0 Å². The fraction of sp³-hybridized carbons (Fsp3) is 0.182. The van der Waals surface area contributed by atoms with Crippen LogP contribution in [0.2, 0.25) is 0 Å². The summed E-state index contributed by atoms with van der Waals surface area (Å²) < 4.78 is 6.09. The van der Waals surface area contributed by atoms with Crippen LogP contribution in [0, 0.1) is 6.92 Å². The lowest BCUT2D eigenvalue weighted by Gasteiger charge is -2.08. The molecule has 15 heavy (non-hydrogen) atoms. The minimum absolute atomic E-state index is 0.0169. The number of rotatable bonds is 4. The molecule has 0 spiro atoms. The summed E-state index contributed by atoms with van der Waals surface area (Å²) in [5, 5.41) is 8.58. The van der Waals surface area contributed by atoms with Crippen molar-refractivity contribution in [3.05, 3.63) is 40.4 Å². The average molecular weight is 271 g/mol. The molecule has 1 rings (SSSR count). The maximum Gasteiger partial charge on any atom is 0.334 e. The van der Waals surface area contributed by atoms with Crippen LogP contribution in [-0.2, 0) is 4.79 Å². The number of ether oxygens (including phenoxy) is 1. The summed E-state index contributed by atoms with van der Waals surface area (Å²) >= 11 is 3.33. The van der Waals surface area contributed by atoms with E-state index >= 15 is 0 Å². The minimum atomic E-state index is -1.04. The number of halogens is 1. The van der Waals surface area contributed by atoms with Gasteiger partial charge in [0.15, 0.2) is 0 Å². The highest BCUT2D eigenvalue weighted by Gasteiger charge is 2.06. The highest BCUT2D eigenvalue weighted by molar-refractivity contribution is 9.10. The van der Waals surface area contributed by atoms with E-state index in [-0.39, 0.29) is 12.2 Å². The predicted molar refractivity (Wildman–Crippen MR) is 61.1 cm³/mol. The van der Waals surface area contributed by atoms with Gasteiger partial charge in [0, 0.05) is 0 Å². The Balaban J connectivity index is 2.66. The third kappa shape index (κ3) is 3.40. The number of carboxylic acids is 1. The fourth-order valence-corrected chi connectivity index (χ4v) is 1.56. The van der Waals surface area contributed by atoms with E-state index in [0.717, 1.165) is 10.0 Å². The summed E-state index contributed by atoms with van der Waals surface area (Å²) in [6.45, 7) is 5.32. The summed E-state index contributed by atoms with van der Waals surface area (Å²) in [7, 11) is 0. The van der Waals surface area contributed by atoms with Gasteiger partial charge in [-0.05, 0) is 40.5 Å². The van der Waals surface area contributed by atoms with Gasteiger partial charge in [0.1, 0.15) is 12.4 Å². The van der Waals surface area contributed by atoms with E-state index in [4.69, 9.17) is 9.84 Å². The van der Waals surface area contributed by atoms with E-state index in [0.29, 0.717) is 5.75 Å². The molecule has 1 N–H and O–H groups in total. The van der Waals surface area contributed by atoms with Crippen molar-refractivity contribution < 1.29 is 14.6 Å². The topological polar surface area (TPSA) is 46.5 Å². The van der Waals surface area contributed by atoms with Crippen LogP contribution in [0.4, 0.5) is 0 Å². The molecule has 1 aromatic rings. The third-order valence-corrected chi connectivity index (χ3v) is 2.41.